The second kappa shape index (κ2) is 6.94. The zero-order valence-electron chi connectivity index (χ0n) is 12.9. The highest BCUT2D eigenvalue weighted by Crippen LogP contribution is 2.26. The van der Waals surface area contributed by atoms with Crippen LogP contribution in [0.5, 0.6) is 5.75 Å². The second-order valence-electron chi connectivity index (χ2n) is 5.27. The summed E-state index contributed by atoms with van der Waals surface area (Å²) in [5.41, 5.74) is 1.32. The minimum atomic E-state index is -4.74. The van der Waals surface area contributed by atoms with E-state index in [0.29, 0.717) is 11.4 Å². The Morgan fingerprint density at radius 2 is 1.72 bits per heavy atom. The summed E-state index contributed by atoms with van der Waals surface area (Å²) in [4.78, 5) is 8.22. The molecule has 1 aromatic carbocycles. The van der Waals surface area contributed by atoms with Crippen LogP contribution in [0.1, 0.15) is 11.7 Å². The van der Waals surface area contributed by atoms with Gasteiger partial charge in [0.1, 0.15) is 11.6 Å². The van der Waals surface area contributed by atoms with Crippen LogP contribution in [0.3, 0.4) is 0 Å². The van der Waals surface area contributed by atoms with E-state index in [-0.39, 0.29) is 12.3 Å². The molecule has 1 N–H and O–H groups in total. The van der Waals surface area contributed by atoms with E-state index < -0.39 is 12.5 Å². The van der Waals surface area contributed by atoms with Crippen molar-refractivity contribution in [2.75, 3.05) is 0 Å². The van der Waals surface area contributed by atoms with Crippen LogP contribution < -0.4 is 4.74 Å². The van der Waals surface area contributed by atoms with Gasteiger partial charge in [0.2, 0.25) is 0 Å². The smallest absolute Gasteiger partial charge is 0.406 e. The molecule has 0 spiro atoms. The molecule has 130 valence electrons. The lowest BCUT2D eigenvalue weighted by molar-refractivity contribution is -0.274. The van der Waals surface area contributed by atoms with Gasteiger partial charge < -0.3 is 14.4 Å². The number of pyridine rings is 1. The van der Waals surface area contributed by atoms with Gasteiger partial charge in [0.25, 0.3) is 0 Å². The molecule has 0 radical (unpaired) electrons. The molecule has 0 fully saturated rings. The summed E-state index contributed by atoms with van der Waals surface area (Å²) >= 11 is 0. The van der Waals surface area contributed by atoms with Crippen molar-refractivity contribution in [3.05, 3.63) is 66.7 Å². The van der Waals surface area contributed by atoms with Gasteiger partial charge in [0, 0.05) is 30.4 Å². The van der Waals surface area contributed by atoms with Crippen molar-refractivity contribution in [1.82, 2.24) is 14.5 Å². The quantitative estimate of drug-likeness (QED) is 0.765. The largest absolute Gasteiger partial charge is 0.573 e. The van der Waals surface area contributed by atoms with Gasteiger partial charge in [-0.15, -0.1) is 13.2 Å². The molecule has 3 rings (SSSR count). The van der Waals surface area contributed by atoms with Crippen LogP contribution in [-0.4, -0.2) is 26.0 Å². The SMILES string of the molecule is OC(Cn1ccnc1-c1ccncc1)c1ccc(OC(F)(F)F)cc1. The number of hydrogen-bond acceptors (Lipinski definition) is 4. The number of imidazole rings is 1. The Labute approximate surface area is 141 Å². The van der Waals surface area contributed by atoms with Crippen LogP contribution in [-0.2, 0) is 6.54 Å². The van der Waals surface area contributed by atoms with Gasteiger partial charge in [-0.05, 0) is 29.8 Å². The lowest BCUT2D eigenvalue weighted by atomic mass is 10.1. The number of hydrogen-bond donors (Lipinski definition) is 1. The molecular weight excluding hydrogens is 335 g/mol. The fourth-order valence-electron chi connectivity index (χ4n) is 2.40. The molecule has 0 saturated carbocycles. The van der Waals surface area contributed by atoms with Crippen LogP contribution in [0.15, 0.2) is 61.2 Å². The number of alkyl halides is 3. The zero-order valence-corrected chi connectivity index (χ0v) is 12.9. The van der Waals surface area contributed by atoms with Crippen molar-refractivity contribution in [2.45, 2.75) is 19.0 Å². The highest BCUT2D eigenvalue weighted by atomic mass is 19.4. The molecule has 2 aromatic heterocycles. The average Bonchev–Trinajstić information content (AvgIpc) is 3.03. The summed E-state index contributed by atoms with van der Waals surface area (Å²) < 4.78 is 42.1. The molecule has 0 aliphatic heterocycles. The lowest BCUT2D eigenvalue weighted by Gasteiger charge is -2.15. The van der Waals surface area contributed by atoms with E-state index in [2.05, 4.69) is 14.7 Å². The summed E-state index contributed by atoms with van der Waals surface area (Å²) in [6.45, 7) is 0.205. The minimum absolute atomic E-state index is 0.205. The fourth-order valence-corrected chi connectivity index (χ4v) is 2.40. The molecule has 0 saturated heterocycles. The molecule has 8 heteroatoms. The number of rotatable bonds is 5. The molecule has 25 heavy (non-hydrogen) atoms. The predicted molar refractivity (Wildman–Crippen MR) is 83.5 cm³/mol. The molecule has 3 aromatic rings. The van der Waals surface area contributed by atoms with Crippen molar-refractivity contribution >= 4 is 0 Å². The number of aliphatic hydroxyl groups is 1. The predicted octanol–water partition coefficient (Wildman–Crippen LogP) is 3.58. The zero-order chi connectivity index (χ0) is 17.9. The van der Waals surface area contributed by atoms with Crippen LogP contribution >= 0.6 is 0 Å². The van der Waals surface area contributed by atoms with Crippen LogP contribution in [0.25, 0.3) is 11.4 Å². The molecule has 0 bridgehead atoms. The van der Waals surface area contributed by atoms with E-state index in [9.17, 15) is 18.3 Å². The molecular formula is C17H14F3N3O2. The van der Waals surface area contributed by atoms with Crippen molar-refractivity contribution in [2.24, 2.45) is 0 Å². The first-order chi connectivity index (χ1) is 11.9. The Balaban J connectivity index is 1.73. The van der Waals surface area contributed by atoms with Crippen molar-refractivity contribution in [3.8, 4) is 17.1 Å². The molecule has 0 aliphatic carbocycles. The Hall–Kier alpha value is -2.87. The molecule has 5 nitrogen and oxygen atoms in total. The first kappa shape index (κ1) is 17.0. The molecule has 2 heterocycles. The summed E-state index contributed by atoms with van der Waals surface area (Å²) in [7, 11) is 0. The third-order valence-corrected chi connectivity index (χ3v) is 3.52. The molecule has 1 atom stereocenters. The lowest BCUT2D eigenvalue weighted by Crippen LogP contribution is -2.17. The van der Waals surface area contributed by atoms with Gasteiger partial charge in [-0.1, -0.05) is 12.1 Å². The van der Waals surface area contributed by atoms with E-state index >= 15 is 0 Å². The number of benzene rings is 1. The summed E-state index contributed by atoms with van der Waals surface area (Å²) in [6.07, 6.45) is 0.975. The van der Waals surface area contributed by atoms with Gasteiger partial charge in [-0.25, -0.2) is 4.98 Å². The van der Waals surface area contributed by atoms with Crippen molar-refractivity contribution < 1.29 is 23.0 Å². The van der Waals surface area contributed by atoms with E-state index in [0.717, 1.165) is 5.56 Å². The second-order valence-corrected chi connectivity index (χ2v) is 5.27. The first-order valence-electron chi connectivity index (χ1n) is 7.38. The maximum Gasteiger partial charge on any atom is 0.573 e. The molecule has 0 amide bonds. The highest BCUT2D eigenvalue weighted by molar-refractivity contribution is 5.54. The normalized spacial score (nSPS) is 12.8. The Morgan fingerprint density at radius 3 is 2.36 bits per heavy atom. The van der Waals surface area contributed by atoms with E-state index in [4.69, 9.17) is 0 Å². The van der Waals surface area contributed by atoms with Gasteiger partial charge >= 0.3 is 6.36 Å². The highest BCUT2D eigenvalue weighted by Gasteiger charge is 2.31. The maximum atomic E-state index is 12.2. The van der Waals surface area contributed by atoms with Crippen LogP contribution in [0.2, 0.25) is 0 Å². The van der Waals surface area contributed by atoms with Gasteiger partial charge in [0.05, 0.1) is 12.6 Å². The third kappa shape index (κ3) is 4.36. The van der Waals surface area contributed by atoms with E-state index in [1.54, 1.807) is 41.5 Å². The van der Waals surface area contributed by atoms with Crippen molar-refractivity contribution in [1.29, 1.82) is 0 Å². The van der Waals surface area contributed by atoms with Gasteiger partial charge in [-0.2, -0.15) is 0 Å². The maximum absolute atomic E-state index is 12.2. The fraction of sp³-hybridized carbons (Fsp3) is 0.176. The van der Waals surface area contributed by atoms with Crippen LogP contribution in [0, 0.1) is 0 Å². The Bertz CT molecular complexity index is 817. The van der Waals surface area contributed by atoms with E-state index in [1.807, 2.05) is 0 Å². The van der Waals surface area contributed by atoms with E-state index in [1.165, 1.54) is 24.3 Å². The Kier molecular flexibility index (Phi) is 4.71. The summed E-state index contributed by atoms with van der Waals surface area (Å²) in [6, 6.07) is 8.74. The standard InChI is InChI=1S/C17H14F3N3O2/c18-17(19,20)25-14-3-1-12(2-4-14)15(24)11-23-10-9-22-16(23)13-5-7-21-8-6-13/h1-10,15,24H,11H2. The summed E-state index contributed by atoms with van der Waals surface area (Å²) in [5.74, 6) is 0.335. The van der Waals surface area contributed by atoms with Crippen LogP contribution in [0.4, 0.5) is 13.2 Å². The van der Waals surface area contributed by atoms with Gasteiger partial charge in [-0.3, -0.25) is 4.98 Å². The topological polar surface area (TPSA) is 60.2 Å². The van der Waals surface area contributed by atoms with Gasteiger partial charge in [0.15, 0.2) is 0 Å². The monoisotopic (exact) mass is 349 g/mol. The molecule has 1 unspecified atom stereocenters. The number of aliphatic hydroxyl groups excluding tert-OH is 1. The first-order valence-corrected chi connectivity index (χ1v) is 7.38. The number of aromatic nitrogens is 3. The average molecular weight is 349 g/mol. The number of halogens is 3. The summed E-state index contributed by atoms with van der Waals surface area (Å²) in [5, 5.41) is 10.4. The number of nitrogens with zero attached hydrogens (tertiary/aromatic N) is 3. The third-order valence-electron chi connectivity index (χ3n) is 3.52. The Morgan fingerprint density at radius 1 is 1.04 bits per heavy atom. The molecule has 0 aliphatic rings. The van der Waals surface area contributed by atoms with Crippen molar-refractivity contribution in [3.63, 3.8) is 0 Å². The minimum Gasteiger partial charge on any atom is -0.406 e. The number of ether oxygens (including phenoxy) is 1.